The molecule has 1 N–H and O–H groups in total. The fourth-order valence-corrected chi connectivity index (χ4v) is 4.19. The number of hydrogen-bond acceptors (Lipinski definition) is 5. The highest BCUT2D eigenvalue weighted by Crippen LogP contribution is 2.30. The van der Waals surface area contributed by atoms with Gasteiger partial charge in [0.1, 0.15) is 5.84 Å². The second-order valence-corrected chi connectivity index (χ2v) is 7.45. The minimum absolute atomic E-state index is 0.126. The van der Waals surface area contributed by atoms with Crippen LogP contribution in [0.1, 0.15) is 5.56 Å². The van der Waals surface area contributed by atoms with Gasteiger partial charge in [-0.25, -0.2) is 4.99 Å². The van der Waals surface area contributed by atoms with Crippen LogP contribution in [-0.2, 0) is 0 Å². The molecule has 0 spiro atoms. The standard InChI is InChI=1S/C21H22N4S/c1-15-8-6-7-11-18(15)22-21-23-19-12-13-26-14-17(19)20(24-21)25(2)16-9-4-3-5-10-16/h3-13,17,19H,14H2,1-2H3,(H,22,23). The monoisotopic (exact) mass is 362 g/mol. The zero-order chi connectivity index (χ0) is 17.9. The quantitative estimate of drug-likeness (QED) is 0.851. The van der Waals surface area contributed by atoms with Crippen LogP contribution in [0.4, 0.5) is 11.4 Å². The van der Waals surface area contributed by atoms with Crippen molar-refractivity contribution in [1.82, 2.24) is 0 Å². The van der Waals surface area contributed by atoms with Gasteiger partial charge in [0.2, 0.25) is 5.96 Å². The Labute approximate surface area is 158 Å². The molecule has 132 valence electrons. The summed E-state index contributed by atoms with van der Waals surface area (Å²) in [6, 6.07) is 18.7. The van der Waals surface area contributed by atoms with Crippen molar-refractivity contribution in [3.8, 4) is 0 Å². The Bertz CT molecular complexity index is 873. The van der Waals surface area contributed by atoms with Crippen molar-refractivity contribution < 1.29 is 0 Å². The summed E-state index contributed by atoms with van der Waals surface area (Å²) < 4.78 is 0. The lowest BCUT2D eigenvalue weighted by Gasteiger charge is -2.34. The number of nitrogens with one attached hydrogen (secondary N) is 1. The molecule has 2 atom stereocenters. The van der Waals surface area contributed by atoms with E-state index in [9.17, 15) is 0 Å². The molecule has 0 aromatic heterocycles. The number of nitrogens with zero attached hydrogens (tertiary/aromatic N) is 3. The van der Waals surface area contributed by atoms with E-state index in [4.69, 9.17) is 9.98 Å². The Morgan fingerprint density at radius 2 is 1.85 bits per heavy atom. The largest absolute Gasteiger partial charge is 0.333 e. The van der Waals surface area contributed by atoms with Gasteiger partial charge in [-0.15, -0.1) is 11.8 Å². The number of rotatable bonds is 2. The van der Waals surface area contributed by atoms with Gasteiger partial charge >= 0.3 is 0 Å². The number of aryl methyl sites for hydroxylation is 1. The zero-order valence-electron chi connectivity index (χ0n) is 15.0. The number of amidine groups is 1. The van der Waals surface area contributed by atoms with Crippen molar-refractivity contribution in [3.63, 3.8) is 0 Å². The lowest BCUT2D eigenvalue weighted by molar-refractivity contribution is 0.653. The van der Waals surface area contributed by atoms with Crippen molar-refractivity contribution in [3.05, 3.63) is 71.6 Å². The molecule has 0 aliphatic carbocycles. The average Bonchev–Trinajstić information content (AvgIpc) is 2.69. The predicted molar refractivity (Wildman–Crippen MR) is 113 cm³/mol. The van der Waals surface area contributed by atoms with E-state index in [1.54, 1.807) is 0 Å². The van der Waals surface area contributed by atoms with Gasteiger partial charge in [0.15, 0.2) is 0 Å². The summed E-state index contributed by atoms with van der Waals surface area (Å²) in [6.07, 6.45) is 2.19. The Balaban J connectivity index is 1.69. The summed E-state index contributed by atoms with van der Waals surface area (Å²) in [5.41, 5.74) is 3.37. The van der Waals surface area contributed by atoms with Crippen LogP contribution in [0.5, 0.6) is 0 Å². The maximum atomic E-state index is 4.91. The molecule has 4 nitrogen and oxygen atoms in total. The number of hydrogen-bond donors (Lipinski definition) is 1. The van der Waals surface area contributed by atoms with Gasteiger partial charge in [-0.1, -0.05) is 42.5 Å². The molecule has 0 amide bonds. The van der Waals surface area contributed by atoms with Crippen molar-refractivity contribution >= 4 is 34.9 Å². The number of thioether (sulfide) groups is 1. The highest BCUT2D eigenvalue weighted by molar-refractivity contribution is 8.02. The summed E-state index contributed by atoms with van der Waals surface area (Å²) in [6.45, 7) is 2.09. The molecule has 5 heteroatoms. The van der Waals surface area contributed by atoms with Crippen molar-refractivity contribution in [2.75, 3.05) is 23.0 Å². The van der Waals surface area contributed by atoms with Gasteiger partial charge in [0, 0.05) is 24.2 Å². The van der Waals surface area contributed by atoms with Gasteiger partial charge < -0.3 is 10.2 Å². The molecule has 0 saturated carbocycles. The molecule has 4 rings (SSSR count). The first-order valence-electron chi connectivity index (χ1n) is 8.78. The first-order valence-corrected chi connectivity index (χ1v) is 9.83. The summed E-state index contributed by atoms with van der Waals surface area (Å²) in [7, 11) is 2.09. The molecule has 2 unspecified atom stereocenters. The van der Waals surface area contributed by atoms with Crippen molar-refractivity contribution in [1.29, 1.82) is 0 Å². The molecule has 0 fully saturated rings. The van der Waals surface area contributed by atoms with E-state index in [2.05, 4.69) is 72.1 Å². The Morgan fingerprint density at radius 1 is 1.08 bits per heavy atom. The summed E-state index contributed by atoms with van der Waals surface area (Å²) in [5, 5.41) is 5.57. The second kappa shape index (κ2) is 7.38. The van der Waals surface area contributed by atoms with E-state index in [0.29, 0.717) is 5.96 Å². The lowest BCUT2D eigenvalue weighted by atomic mass is 9.98. The van der Waals surface area contributed by atoms with Crippen molar-refractivity contribution in [2.45, 2.75) is 13.0 Å². The summed E-state index contributed by atoms with van der Waals surface area (Å²) in [4.78, 5) is 12.0. The molecule has 2 aliphatic heterocycles. The van der Waals surface area contributed by atoms with E-state index in [0.717, 1.165) is 23.0 Å². The van der Waals surface area contributed by atoms with Gasteiger partial charge in [-0.2, -0.15) is 4.99 Å². The van der Waals surface area contributed by atoms with Gasteiger partial charge in [-0.05, 0) is 36.1 Å². The Kier molecular flexibility index (Phi) is 4.80. The van der Waals surface area contributed by atoms with E-state index in [1.165, 1.54) is 5.56 Å². The third-order valence-electron chi connectivity index (χ3n) is 4.76. The molecule has 0 radical (unpaired) electrons. The number of aliphatic imine (C=N–C) groups is 2. The molecular weight excluding hydrogens is 340 g/mol. The number of guanidine groups is 1. The third kappa shape index (κ3) is 3.40. The van der Waals surface area contributed by atoms with Crippen LogP contribution >= 0.6 is 11.8 Å². The zero-order valence-corrected chi connectivity index (χ0v) is 15.8. The van der Waals surface area contributed by atoms with E-state index >= 15 is 0 Å². The summed E-state index contributed by atoms with van der Waals surface area (Å²) >= 11 is 1.83. The Hall–Kier alpha value is -2.53. The van der Waals surface area contributed by atoms with Crippen LogP contribution in [0.2, 0.25) is 0 Å². The first-order chi connectivity index (χ1) is 12.7. The van der Waals surface area contributed by atoms with E-state index in [-0.39, 0.29) is 12.0 Å². The van der Waals surface area contributed by atoms with Crippen LogP contribution in [0.15, 0.2) is 76.1 Å². The molecule has 26 heavy (non-hydrogen) atoms. The maximum absolute atomic E-state index is 4.91. The minimum Gasteiger partial charge on any atom is -0.333 e. The van der Waals surface area contributed by atoms with Crippen LogP contribution in [0.3, 0.4) is 0 Å². The van der Waals surface area contributed by atoms with Crippen LogP contribution in [0.25, 0.3) is 0 Å². The SMILES string of the molecule is Cc1ccccc1NC1=NC2C=CSCC2C(N(C)c2ccccc2)=N1. The number of fused-ring (bicyclic) bond motifs is 1. The van der Waals surface area contributed by atoms with Crippen LogP contribution in [0, 0.1) is 12.8 Å². The maximum Gasteiger partial charge on any atom is 0.224 e. The molecule has 0 saturated heterocycles. The predicted octanol–water partition coefficient (Wildman–Crippen LogP) is 4.56. The Morgan fingerprint density at radius 3 is 2.65 bits per heavy atom. The lowest BCUT2D eigenvalue weighted by Crippen LogP contribution is -2.44. The first kappa shape index (κ1) is 16.9. The van der Waals surface area contributed by atoms with Crippen LogP contribution in [-0.4, -0.2) is 30.6 Å². The second-order valence-electron chi connectivity index (χ2n) is 6.52. The average molecular weight is 363 g/mol. The fourth-order valence-electron chi connectivity index (χ4n) is 3.25. The third-order valence-corrected chi connectivity index (χ3v) is 5.66. The van der Waals surface area contributed by atoms with Crippen LogP contribution < -0.4 is 10.2 Å². The van der Waals surface area contributed by atoms with E-state index < -0.39 is 0 Å². The van der Waals surface area contributed by atoms with Gasteiger partial charge in [0.05, 0.1) is 12.0 Å². The highest BCUT2D eigenvalue weighted by Gasteiger charge is 2.33. The highest BCUT2D eigenvalue weighted by atomic mass is 32.2. The molecule has 0 bridgehead atoms. The van der Waals surface area contributed by atoms with Gasteiger partial charge in [-0.3, -0.25) is 0 Å². The number of anilines is 2. The normalized spacial score (nSPS) is 21.5. The van der Waals surface area contributed by atoms with Crippen molar-refractivity contribution in [2.24, 2.45) is 15.9 Å². The molecule has 2 aromatic rings. The molecule has 2 aromatic carbocycles. The molecular formula is C21H22N4S. The smallest absolute Gasteiger partial charge is 0.224 e. The molecule has 2 heterocycles. The topological polar surface area (TPSA) is 40.0 Å². The fraction of sp³-hybridized carbons (Fsp3) is 0.238. The number of para-hydroxylation sites is 2. The minimum atomic E-state index is 0.126. The molecule has 2 aliphatic rings. The summed E-state index contributed by atoms with van der Waals surface area (Å²) in [5.74, 6) is 3.02. The number of benzene rings is 2. The van der Waals surface area contributed by atoms with E-state index in [1.807, 2.05) is 30.0 Å². The van der Waals surface area contributed by atoms with Gasteiger partial charge in [0.25, 0.3) is 0 Å².